The van der Waals surface area contributed by atoms with Crippen LogP contribution >= 0.6 is 0 Å². The molecule has 22 rings (SSSR count). The van der Waals surface area contributed by atoms with E-state index in [4.69, 9.17) is 8.83 Å². The van der Waals surface area contributed by atoms with Gasteiger partial charge in [0.25, 0.3) is 0 Å². The maximum absolute atomic E-state index is 7.25. The second-order valence-corrected chi connectivity index (χ2v) is 54.7. The van der Waals surface area contributed by atoms with Gasteiger partial charge in [0, 0.05) is 0 Å². The van der Waals surface area contributed by atoms with Crippen LogP contribution in [-0.4, -0.2) is 36.8 Å². The van der Waals surface area contributed by atoms with Crippen molar-refractivity contribution >= 4 is 148 Å². The van der Waals surface area contributed by atoms with Crippen molar-refractivity contribution in [2.24, 2.45) is 0 Å². The van der Waals surface area contributed by atoms with Crippen LogP contribution in [0.3, 0.4) is 0 Å². The fourth-order valence-corrected chi connectivity index (χ4v) is 42.9. The number of benzene rings is 18. The third-order valence-corrected chi connectivity index (χ3v) is 48.4. The minimum absolute atomic E-state index is 0.923. The molecule has 0 fully saturated rings. The summed E-state index contributed by atoms with van der Waals surface area (Å²) in [4.78, 5) is 14.3. The summed E-state index contributed by atoms with van der Waals surface area (Å²) in [5.74, 6) is 2.08. The molecule has 4 heterocycles. The van der Waals surface area contributed by atoms with Crippen LogP contribution in [0.5, 0.6) is 0 Å². The summed E-state index contributed by atoms with van der Waals surface area (Å²) in [6.45, 7) is 0. The summed E-state index contributed by atoms with van der Waals surface area (Å²) in [5, 5.41) is 2.47. The molecule has 2 aromatic heterocycles. The van der Waals surface area contributed by atoms with Gasteiger partial charge in [0.05, 0.1) is 0 Å². The molecule has 122 heavy (non-hydrogen) atoms. The van der Waals surface area contributed by atoms with Crippen LogP contribution in [0.15, 0.2) is 482 Å². The molecule has 0 amide bonds. The number of rotatable bonds is 18. The zero-order valence-corrected chi connectivity index (χ0v) is 73.3. The standard InChI is InChI=1S/2C50H34N2O.2C6H5.2CH3.2Sn/c2*1-5-16-43(17-6-1)51(44-18-7-2-8-19-44)47-30-26-37(27-31-47)39-14-13-15-41(34-39)50-36-42-25-24-40(35-49(42)53-50)38-28-32-48(33-29-38)52(45-20-9-3-10-21-45)46-22-11-4-12-23-46;2*1-2-4-6-5-3-1;;;;/h2*1-14,16-35H;2*1-5H;2*1H3;;. The van der Waals surface area contributed by atoms with Crippen LogP contribution in [0.4, 0.5) is 68.2 Å². The topological polar surface area (TPSA) is 39.2 Å². The van der Waals surface area contributed by atoms with Gasteiger partial charge in [0.2, 0.25) is 0 Å². The first-order chi connectivity index (χ1) is 60.3. The van der Waals surface area contributed by atoms with Crippen molar-refractivity contribution in [3.63, 3.8) is 0 Å². The summed E-state index contributed by atoms with van der Waals surface area (Å²) in [5.41, 5.74) is 27.1. The summed E-state index contributed by atoms with van der Waals surface area (Å²) in [6, 6.07) is 171. The van der Waals surface area contributed by atoms with Crippen LogP contribution in [0.1, 0.15) is 0 Å². The van der Waals surface area contributed by atoms with Gasteiger partial charge in [0.15, 0.2) is 0 Å². The Morgan fingerprint density at radius 2 is 0.402 bits per heavy atom. The van der Waals surface area contributed by atoms with Crippen molar-refractivity contribution in [1.29, 1.82) is 0 Å². The normalized spacial score (nSPS) is 12.5. The molecule has 20 aromatic rings. The fraction of sp³-hybridized carbons (Fsp3) is 0.0175. The number of para-hydroxylation sites is 8. The van der Waals surface area contributed by atoms with Gasteiger partial charge in [-0.3, -0.25) is 0 Å². The molecule has 0 atom stereocenters. The van der Waals surface area contributed by atoms with Crippen molar-refractivity contribution in [3.05, 3.63) is 473 Å². The number of fused-ring (bicyclic) bond motifs is 10. The van der Waals surface area contributed by atoms with Crippen LogP contribution in [0, 0.1) is 0 Å². The van der Waals surface area contributed by atoms with Gasteiger partial charge in [0.1, 0.15) is 0 Å². The molecular weight excluding hydrogens is 1690 g/mol. The van der Waals surface area contributed by atoms with E-state index in [0.717, 1.165) is 113 Å². The first-order valence-electron chi connectivity index (χ1n) is 41.8. The third kappa shape index (κ3) is 13.8. The van der Waals surface area contributed by atoms with Crippen molar-refractivity contribution in [3.8, 4) is 67.2 Å². The van der Waals surface area contributed by atoms with Crippen LogP contribution in [0.25, 0.3) is 89.1 Å². The second kappa shape index (κ2) is 32.5. The van der Waals surface area contributed by atoms with E-state index in [1.807, 2.05) is 0 Å². The van der Waals surface area contributed by atoms with Crippen molar-refractivity contribution in [2.45, 2.75) is 9.88 Å². The van der Waals surface area contributed by atoms with E-state index in [1.54, 1.807) is 0 Å². The number of hydrogen-bond acceptors (Lipinski definition) is 6. The third-order valence-electron chi connectivity index (χ3n) is 24.3. The minimum atomic E-state index is -4.00. The first kappa shape index (κ1) is 75.3. The molecule has 580 valence electrons. The molecule has 0 spiro atoms. The van der Waals surface area contributed by atoms with Gasteiger partial charge in [-0.2, -0.15) is 0 Å². The molecular formula is C114H84N4O2Sn2. The Morgan fingerprint density at radius 1 is 0.189 bits per heavy atom. The van der Waals surface area contributed by atoms with Crippen LogP contribution in [0.2, 0.25) is 9.88 Å². The molecule has 0 radical (unpaired) electrons. The van der Waals surface area contributed by atoms with Crippen molar-refractivity contribution in [2.75, 3.05) is 19.6 Å². The first-order valence-corrected chi connectivity index (χ1v) is 56.1. The number of hydrogen-bond donors (Lipinski definition) is 0. The Morgan fingerprint density at radius 3 is 0.689 bits per heavy atom. The molecule has 2 aliphatic rings. The van der Waals surface area contributed by atoms with Crippen LogP contribution < -0.4 is 41.1 Å². The Bertz CT molecular complexity index is 6890. The quantitative estimate of drug-likeness (QED) is 0.0798. The van der Waals surface area contributed by atoms with Crippen molar-refractivity contribution < 1.29 is 8.83 Å². The molecule has 0 saturated carbocycles. The number of nitrogens with zero attached hydrogens (tertiary/aromatic N) is 4. The monoisotopic (exact) mass is 1780 g/mol. The summed E-state index contributed by atoms with van der Waals surface area (Å²) in [6.07, 6.45) is 0. The van der Waals surface area contributed by atoms with Gasteiger partial charge in [-0.25, -0.2) is 0 Å². The zero-order chi connectivity index (χ0) is 81.5. The average molecular weight is 1780 g/mol. The molecule has 6 nitrogen and oxygen atoms in total. The van der Waals surface area contributed by atoms with Crippen LogP contribution in [-0.2, 0) is 0 Å². The molecule has 8 heteroatoms. The van der Waals surface area contributed by atoms with Gasteiger partial charge in [-0.05, 0) is 0 Å². The molecule has 18 aromatic carbocycles. The Hall–Kier alpha value is -14.2. The predicted molar refractivity (Wildman–Crippen MR) is 518 cm³/mol. The van der Waals surface area contributed by atoms with E-state index in [2.05, 4.69) is 503 Å². The van der Waals surface area contributed by atoms with Crippen molar-refractivity contribution in [1.82, 2.24) is 0 Å². The number of anilines is 12. The van der Waals surface area contributed by atoms with E-state index < -0.39 is 36.8 Å². The van der Waals surface area contributed by atoms with Gasteiger partial charge < -0.3 is 0 Å². The maximum atomic E-state index is 7.25. The average Bonchev–Trinajstić information content (AvgIpc) is 1.53. The molecule has 0 N–H and O–H groups in total. The molecule has 0 aliphatic carbocycles. The van der Waals surface area contributed by atoms with E-state index >= 15 is 0 Å². The molecule has 0 saturated heterocycles. The van der Waals surface area contributed by atoms with E-state index in [0.29, 0.717) is 0 Å². The summed E-state index contributed by atoms with van der Waals surface area (Å²) in [7, 11) is 0. The number of furan rings is 2. The Labute approximate surface area is 720 Å². The predicted octanol–water partition coefficient (Wildman–Crippen LogP) is 27.6. The van der Waals surface area contributed by atoms with Gasteiger partial charge in [-0.1, -0.05) is 97.1 Å². The molecule has 0 unspecified atom stereocenters. The summed E-state index contributed by atoms with van der Waals surface area (Å²) >= 11 is -6.93. The Kier molecular flexibility index (Phi) is 20.1. The van der Waals surface area contributed by atoms with E-state index in [-0.39, 0.29) is 0 Å². The van der Waals surface area contributed by atoms with Gasteiger partial charge >= 0.3 is 630 Å². The van der Waals surface area contributed by atoms with E-state index in [1.165, 1.54) is 65.6 Å². The SMILES string of the molecule is [CH3][Sn]1([CH3])[c]2ccc(-c3ccc(N(c4ccccc4)c4ccccc4)cc3)cc2-c2oc3cc(-c4ccc(N(c5ccccc5)c5ccccc5)cc4)ccc3[c]21.c1ccc(N(c2ccccc2)c2ccc(-c3cc[c]4c(c3)-c3oc5cc(-c6ccc(N(c7ccccc7)c7ccccc7)cc6)ccc5[c]3[Sn]4([c]3ccccc3)[c]3ccccc3)cc2)cc1. The fourth-order valence-electron chi connectivity index (χ4n) is 18.6. The summed E-state index contributed by atoms with van der Waals surface area (Å²) < 4.78 is 22.8. The van der Waals surface area contributed by atoms with E-state index in [9.17, 15) is 0 Å². The molecule has 2 aliphatic heterocycles. The molecule has 0 bridgehead atoms. The zero-order valence-electron chi connectivity index (χ0n) is 67.6. The second-order valence-electron chi connectivity index (χ2n) is 31.9. The van der Waals surface area contributed by atoms with Gasteiger partial charge in [-0.15, -0.1) is 0 Å². The Balaban J connectivity index is 0.000000152.